The van der Waals surface area contributed by atoms with Crippen LogP contribution in [-0.4, -0.2) is 19.6 Å². The fraction of sp³-hybridized carbons (Fsp3) is 0. The van der Waals surface area contributed by atoms with Gasteiger partial charge in [0.15, 0.2) is 0 Å². The fourth-order valence-electron chi connectivity index (χ4n) is 0.671. The summed E-state index contributed by atoms with van der Waals surface area (Å²) in [5.74, 6) is 0.637. The minimum Gasteiger partial charge on any atom is -1.00 e. The normalized spacial score (nSPS) is 9.20. The van der Waals surface area contributed by atoms with E-state index in [4.69, 9.17) is 0 Å². The van der Waals surface area contributed by atoms with E-state index in [1.807, 2.05) is 6.07 Å². The average Bonchev–Trinajstić information content (AvgIpc) is 2.33. The minimum atomic E-state index is 0. The van der Waals surface area contributed by atoms with E-state index in [-0.39, 0.29) is 31.0 Å². The van der Waals surface area contributed by atoms with E-state index < -0.39 is 0 Å². The first kappa shape index (κ1) is 7.65. The molecule has 0 bridgehead atoms. The van der Waals surface area contributed by atoms with Gasteiger partial charge in [-0.1, -0.05) is 0 Å². The minimum absolute atomic E-state index is 0. The van der Waals surface area contributed by atoms with Crippen molar-refractivity contribution in [2.24, 2.45) is 0 Å². The van der Waals surface area contributed by atoms with Crippen LogP contribution in [-0.2, 0) is 0 Å². The zero-order valence-electron chi connectivity index (χ0n) is 6.60. The van der Waals surface area contributed by atoms with Gasteiger partial charge in [-0.2, -0.15) is 10.1 Å². The van der Waals surface area contributed by atoms with E-state index in [2.05, 4.69) is 15.1 Å². The molecule has 0 saturated heterocycles. The molecule has 0 fully saturated rings. The molecule has 5 heteroatoms. The van der Waals surface area contributed by atoms with Crippen LogP contribution in [0.25, 0.3) is 5.78 Å². The van der Waals surface area contributed by atoms with Crippen LogP contribution >= 0.6 is 0 Å². The predicted molar refractivity (Wildman–Crippen MR) is 31.9 cm³/mol. The van der Waals surface area contributed by atoms with Crippen molar-refractivity contribution in [3.63, 3.8) is 0 Å². The molecule has 10 heavy (non-hydrogen) atoms. The van der Waals surface area contributed by atoms with E-state index in [0.29, 0.717) is 5.78 Å². The summed E-state index contributed by atoms with van der Waals surface area (Å²) in [6.45, 7) is 0. The molecule has 46 valence electrons. The molecule has 0 aliphatic heterocycles. The van der Waals surface area contributed by atoms with Gasteiger partial charge in [0.05, 0.1) is 0 Å². The molecule has 0 atom stereocenters. The van der Waals surface area contributed by atoms with Crippen molar-refractivity contribution in [2.45, 2.75) is 0 Å². The van der Waals surface area contributed by atoms with Gasteiger partial charge in [0.1, 0.15) is 6.33 Å². The zero-order valence-corrected chi connectivity index (χ0v) is 7.60. The summed E-state index contributed by atoms with van der Waals surface area (Å²) in [5, 5.41) is 3.86. The summed E-state index contributed by atoms with van der Waals surface area (Å²) in [7, 11) is 0. The van der Waals surface area contributed by atoms with E-state index >= 15 is 0 Å². The fourth-order valence-corrected chi connectivity index (χ4v) is 0.671. The van der Waals surface area contributed by atoms with Crippen molar-refractivity contribution in [1.82, 2.24) is 19.6 Å². The van der Waals surface area contributed by atoms with Crippen LogP contribution in [0.2, 0.25) is 0 Å². The van der Waals surface area contributed by atoms with Crippen LogP contribution in [0.15, 0.2) is 24.8 Å². The van der Waals surface area contributed by atoms with Gasteiger partial charge in [0.2, 0.25) is 0 Å². The number of nitrogens with zero attached hydrogens (tertiary/aromatic N) is 4. The molecular formula is C5H5N4Na. The first-order chi connectivity index (χ1) is 4.47. The van der Waals surface area contributed by atoms with Crippen LogP contribution in [0, 0.1) is 0 Å². The number of aromatic nitrogens is 4. The van der Waals surface area contributed by atoms with Gasteiger partial charge < -0.3 is 1.43 Å². The zero-order chi connectivity index (χ0) is 6.10. The van der Waals surface area contributed by atoms with Crippen molar-refractivity contribution in [2.75, 3.05) is 0 Å². The summed E-state index contributed by atoms with van der Waals surface area (Å²) in [5.41, 5.74) is 0. The van der Waals surface area contributed by atoms with Gasteiger partial charge in [-0.05, 0) is 6.07 Å². The quantitative estimate of drug-likeness (QED) is 0.376. The molecule has 2 rings (SSSR count). The van der Waals surface area contributed by atoms with E-state index in [0.717, 1.165) is 0 Å². The summed E-state index contributed by atoms with van der Waals surface area (Å²) in [4.78, 5) is 7.79. The Morgan fingerprint density at radius 1 is 1.40 bits per heavy atom. The smallest absolute Gasteiger partial charge is 1.00 e. The second kappa shape index (κ2) is 3.09. The van der Waals surface area contributed by atoms with Crippen LogP contribution in [0.3, 0.4) is 0 Å². The maximum absolute atomic E-state index is 3.93. The monoisotopic (exact) mass is 144 g/mol. The SMILES string of the molecule is [H-].[Na+].c1cnc2ncnn2c1. The number of hydrogen-bond donors (Lipinski definition) is 0. The molecule has 0 amide bonds. The summed E-state index contributed by atoms with van der Waals surface area (Å²) >= 11 is 0. The molecule has 0 aromatic carbocycles. The van der Waals surface area contributed by atoms with Gasteiger partial charge >= 0.3 is 29.6 Å². The average molecular weight is 144 g/mol. The molecule has 4 nitrogen and oxygen atoms in total. The van der Waals surface area contributed by atoms with Gasteiger partial charge in [-0.25, -0.2) is 9.50 Å². The molecule has 0 aliphatic rings. The van der Waals surface area contributed by atoms with Crippen LogP contribution in [0.4, 0.5) is 0 Å². The third-order valence-electron chi connectivity index (χ3n) is 1.06. The van der Waals surface area contributed by atoms with Gasteiger partial charge in [-0.15, -0.1) is 0 Å². The third kappa shape index (κ3) is 1.18. The molecule has 0 unspecified atom stereocenters. The number of rotatable bonds is 0. The molecule has 2 heterocycles. The standard InChI is InChI=1S/C5H4N4.Na.H/c1-2-6-5-7-4-8-9(5)3-1;;/h1-4H;;/q;+1;-1. The van der Waals surface area contributed by atoms with Crippen molar-refractivity contribution < 1.29 is 31.0 Å². The molecule has 0 spiro atoms. The van der Waals surface area contributed by atoms with E-state index in [1.165, 1.54) is 6.33 Å². The Morgan fingerprint density at radius 2 is 2.30 bits per heavy atom. The Balaban J connectivity index is 0.000000500. The maximum atomic E-state index is 3.93. The predicted octanol–water partition coefficient (Wildman–Crippen LogP) is -2.76. The summed E-state index contributed by atoms with van der Waals surface area (Å²) in [6.07, 6.45) is 4.96. The Kier molecular flexibility index (Phi) is 2.37. The molecule has 0 aliphatic carbocycles. The Morgan fingerprint density at radius 3 is 3.10 bits per heavy atom. The molecule has 0 radical (unpaired) electrons. The van der Waals surface area contributed by atoms with Gasteiger partial charge in [-0.3, -0.25) is 0 Å². The largest absolute Gasteiger partial charge is 1.00 e. The topological polar surface area (TPSA) is 43.1 Å². The van der Waals surface area contributed by atoms with E-state index in [1.54, 1.807) is 16.9 Å². The van der Waals surface area contributed by atoms with Crippen molar-refractivity contribution >= 4 is 5.78 Å². The Bertz CT molecular complexity index is 292. The summed E-state index contributed by atoms with van der Waals surface area (Å²) < 4.78 is 1.61. The van der Waals surface area contributed by atoms with Crippen LogP contribution in [0.5, 0.6) is 0 Å². The second-order valence-corrected chi connectivity index (χ2v) is 1.62. The number of fused-ring (bicyclic) bond motifs is 1. The summed E-state index contributed by atoms with van der Waals surface area (Å²) in [6, 6.07) is 1.81. The first-order valence-electron chi connectivity index (χ1n) is 2.57. The first-order valence-corrected chi connectivity index (χ1v) is 2.57. The Hall–Kier alpha value is -0.450. The van der Waals surface area contributed by atoms with Crippen LogP contribution < -0.4 is 29.6 Å². The number of hydrogen-bond acceptors (Lipinski definition) is 3. The maximum Gasteiger partial charge on any atom is 1.00 e. The van der Waals surface area contributed by atoms with Crippen molar-refractivity contribution in [3.05, 3.63) is 24.8 Å². The second-order valence-electron chi connectivity index (χ2n) is 1.62. The third-order valence-corrected chi connectivity index (χ3v) is 1.06. The van der Waals surface area contributed by atoms with Crippen molar-refractivity contribution in [3.8, 4) is 0 Å². The van der Waals surface area contributed by atoms with Gasteiger partial charge in [0.25, 0.3) is 5.78 Å². The van der Waals surface area contributed by atoms with Crippen molar-refractivity contribution in [1.29, 1.82) is 0 Å². The molecule has 2 aromatic heterocycles. The molecule has 0 saturated carbocycles. The van der Waals surface area contributed by atoms with Gasteiger partial charge in [0, 0.05) is 12.4 Å². The Labute approximate surface area is 81.1 Å². The molecule has 0 N–H and O–H groups in total. The molecule has 2 aromatic rings. The van der Waals surface area contributed by atoms with E-state index in [9.17, 15) is 0 Å². The van der Waals surface area contributed by atoms with Crippen LogP contribution in [0.1, 0.15) is 1.43 Å². The molecular weight excluding hydrogens is 139 g/mol.